The fourth-order valence-corrected chi connectivity index (χ4v) is 3.65. The zero-order chi connectivity index (χ0) is 20.2. The number of fused-ring (bicyclic) bond motifs is 1. The molecule has 0 aliphatic carbocycles. The fraction of sp³-hybridized carbons (Fsp3) is 0.190. The summed E-state index contributed by atoms with van der Waals surface area (Å²) in [6.07, 6.45) is 1.73. The fourth-order valence-electron chi connectivity index (χ4n) is 2.96. The Hall–Kier alpha value is -3.26. The first-order valence-electron chi connectivity index (χ1n) is 9.27. The Morgan fingerprint density at radius 2 is 1.93 bits per heavy atom. The normalized spacial score (nSPS) is 11.1. The van der Waals surface area contributed by atoms with Crippen molar-refractivity contribution in [3.63, 3.8) is 0 Å². The third-order valence-electron chi connectivity index (χ3n) is 4.50. The molecule has 4 rings (SSSR count). The zero-order valence-electron chi connectivity index (χ0n) is 16.1. The topological polar surface area (TPSA) is 85.6 Å². The Labute approximate surface area is 172 Å². The minimum atomic E-state index is -0.129. The van der Waals surface area contributed by atoms with Crippen LogP contribution in [0.5, 0.6) is 0 Å². The Balaban J connectivity index is 1.44. The highest BCUT2D eigenvalue weighted by Crippen LogP contribution is 2.23. The molecular weight excluding hydrogens is 384 g/mol. The van der Waals surface area contributed by atoms with E-state index in [0.717, 1.165) is 22.3 Å². The predicted octanol–water partition coefficient (Wildman–Crippen LogP) is 4.06. The SMILES string of the molecule is CC(C)c1ccc(-n2nnnc2SCC(=O)Nc2cccc3ncccc23)cc1. The summed E-state index contributed by atoms with van der Waals surface area (Å²) in [5, 5.41) is 16.3. The van der Waals surface area contributed by atoms with Crippen molar-refractivity contribution in [3.8, 4) is 5.69 Å². The highest BCUT2D eigenvalue weighted by molar-refractivity contribution is 7.99. The van der Waals surface area contributed by atoms with Crippen molar-refractivity contribution in [2.45, 2.75) is 24.9 Å². The van der Waals surface area contributed by atoms with Gasteiger partial charge in [-0.1, -0.05) is 43.8 Å². The molecule has 0 saturated heterocycles. The van der Waals surface area contributed by atoms with E-state index in [2.05, 4.69) is 51.8 Å². The Bertz CT molecular complexity index is 1130. The van der Waals surface area contributed by atoms with E-state index in [0.29, 0.717) is 11.1 Å². The molecule has 0 spiro atoms. The highest BCUT2D eigenvalue weighted by atomic mass is 32.2. The van der Waals surface area contributed by atoms with E-state index in [1.54, 1.807) is 10.9 Å². The first kappa shape index (κ1) is 19.1. The molecule has 146 valence electrons. The van der Waals surface area contributed by atoms with Crippen LogP contribution in [-0.2, 0) is 4.79 Å². The largest absolute Gasteiger partial charge is 0.325 e. The molecule has 4 aromatic rings. The molecule has 2 heterocycles. The van der Waals surface area contributed by atoms with Crippen LogP contribution < -0.4 is 5.32 Å². The molecule has 29 heavy (non-hydrogen) atoms. The number of anilines is 1. The predicted molar refractivity (Wildman–Crippen MR) is 114 cm³/mol. The molecule has 1 amide bonds. The zero-order valence-corrected chi connectivity index (χ0v) is 16.9. The van der Waals surface area contributed by atoms with Crippen LogP contribution in [0, 0.1) is 0 Å². The molecule has 0 bridgehead atoms. The summed E-state index contributed by atoms with van der Waals surface area (Å²) in [5.41, 5.74) is 3.69. The second-order valence-corrected chi connectivity index (χ2v) is 7.77. The summed E-state index contributed by atoms with van der Waals surface area (Å²) in [6.45, 7) is 4.30. The molecule has 0 saturated carbocycles. The molecule has 0 aliphatic rings. The molecule has 8 heteroatoms. The first-order chi connectivity index (χ1) is 14.1. The van der Waals surface area contributed by atoms with Gasteiger partial charge >= 0.3 is 0 Å². The Morgan fingerprint density at radius 1 is 1.10 bits per heavy atom. The van der Waals surface area contributed by atoms with Gasteiger partial charge in [0, 0.05) is 11.6 Å². The van der Waals surface area contributed by atoms with E-state index in [1.807, 2.05) is 42.5 Å². The lowest BCUT2D eigenvalue weighted by Crippen LogP contribution is -2.15. The molecule has 7 nitrogen and oxygen atoms in total. The second kappa shape index (κ2) is 8.40. The van der Waals surface area contributed by atoms with Gasteiger partial charge in [0.15, 0.2) is 0 Å². The number of aromatic nitrogens is 5. The van der Waals surface area contributed by atoms with Crippen molar-refractivity contribution in [2.75, 3.05) is 11.1 Å². The van der Waals surface area contributed by atoms with E-state index < -0.39 is 0 Å². The number of tetrazole rings is 1. The number of amides is 1. The van der Waals surface area contributed by atoms with E-state index in [1.165, 1.54) is 17.3 Å². The van der Waals surface area contributed by atoms with Gasteiger partial charge in [-0.2, -0.15) is 4.68 Å². The summed E-state index contributed by atoms with van der Waals surface area (Å²) in [5.74, 6) is 0.525. The van der Waals surface area contributed by atoms with Crippen molar-refractivity contribution >= 4 is 34.3 Å². The van der Waals surface area contributed by atoms with Gasteiger partial charge < -0.3 is 5.32 Å². The molecule has 0 radical (unpaired) electrons. The van der Waals surface area contributed by atoms with Gasteiger partial charge in [0.1, 0.15) is 0 Å². The molecule has 2 aromatic carbocycles. The number of thioether (sulfide) groups is 1. The van der Waals surface area contributed by atoms with Crippen LogP contribution in [0.25, 0.3) is 16.6 Å². The number of hydrogen-bond donors (Lipinski definition) is 1. The molecule has 2 aromatic heterocycles. The monoisotopic (exact) mass is 404 g/mol. The van der Waals surface area contributed by atoms with Crippen molar-refractivity contribution in [3.05, 3.63) is 66.4 Å². The van der Waals surface area contributed by atoms with Gasteiger partial charge in [0.2, 0.25) is 11.1 Å². The Kier molecular flexibility index (Phi) is 5.53. The van der Waals surface area contributed by atoms with Crippen LogP contribution in [0.1, 0.15) is 25.3 Å². The molecule has 0 fully saturated rings. The number of hydrogen-bond acceptors (Lipinski definition) is 6. The maximum atomic E-state index is 12.5. The lowest BCUT2D eigenvalue weighted by atomic mass is 10.0. The Morgan fingerprint density at radius 3 is 2.72 bits per heavy atom. The molecular formula is C21H20N6OS. The lowest BCUT2D eigenvalue weighted by molar-refractivity contribution is -0.113. The van der Waals surface area contributed by atoms with Gasteiger partial charge in [0.05, 0.1) is 22.6 Å². The van der Waals surface area contributed by atoms with Crippen LogP contribution >= 0.6 is 11.8 Å². The maximum Gasteiger partial charge on any atom is 0.234 e. The standard InChI is InChI=1S/C21H20N6OS/c1-14(2)15-8-10-16(11-9-15)27-21(24-25-26-27)29-13-20(28)23-19-7-3-6-18-17(19)5-4-12-22-18/h3-12,14H,13H2,1-2H3,(H,23,28). The highest BCUT2D eigenvalue weighted by Gasteiger charge is 2.13. The van der Waals surface area contributed by atoms with Crippen LogP contribution in [0.3, 0.4) is 0 Å². The van der Waals surface area contributed by atoms with Crippen molar-refractivity contribution in [2.24, 2.45) is 0 Å². The number of rotatable bonds is 6. The van der Waals surface area contributed by atoms with Crippen LogP contribution in [0.2, 0.25) is 0 Å². The van der Waals surface area contributed by atoms with Gasteiger partial charge in [-0.05, 0) is 58.3 Å². The third kappa shape index (κ3) is 4.27. The van der Waals surface area contributed by atoms with Gasteiger partial charge in [0.25, 0.3) is 0 Å². The molecule has 0 aliphatic heterocycles. The lowest BCUT2D eigenvalue weighted by Gasteiger charge is -2.09. The number of nitrogens with zero attached hydrogens (tertiary/aromatic N) is 5. The van der Waals surface area contributed by atoms with Gasteiger partial charge in [-0.3, -0.25) is 9.78 Å². The maximum absolute atomic E-state index is 12.5. The second-order valence-electron chi connectivity index (χ2n) is 6.83. The number of pyridine rings is 1. The first-order valence-corrected chi connectivity index (χ1v) is 10.3. The number of carbonyl (C=O) groups excluding carboxylic acids is 1. The molecule has 1 N–H and O–H groups in total. The minimum absolute atomic E-state index is 0.129. The summed E-state index contributed by atoms with van der Waals surface area (Å²) in [6, 6.07) is 17.6. The number of carbonyl (C=O) groups is 1. The van der Waals surface area contributed by atoms with Crippen LogP contribution in [0.4, 0.5) is 5.69 Å². The molecule has 0 atom stereocenters. The van der Waals surface area contributed by atoms with E-state index in [9.17, 15) is 4.79 Å². The smallest absolute Gasteiger partial charge is 0.234 e. The third-order valence-corrected chi connectivity index (χ3v) is 5.42. The van der Waals surface area contributed by atoms with Crippen molar-refractivity contribution in [1.82, 2.24) is 25.2 Å². The average molecular weight is 404 g/mol. The van der Waals surface area contributed by atoms with Crippen molar-refractivity contribution < 1.29 is 4.79 Å². The van der Waals surface area contributed by atoms with Crippen LogP contribution in [0.15, 0.2) is 66.0 Å². The number of benzene rings is 2. The minimum Gasteiger partial charge on any atom is -0.325 e. The number of nitrogens with one attached hydrogen (secondary N) is 1. The quantitative estimate of drug-likeness (QED) is 0.488. The van der Waals surface area contributed by atoms with Gasteiger partial charge in [-0.15, -0.1) is 5.10 Å². The summed E-state index contributed by atoms with van der Waals surface area (Å²) in [4.78, 5) is 16.8. The van der Waals surface area contributed by atoms with E-state index in [-0.39, 0.29) is 11.7 Å². The average Bonchev–Trinajstić information content (AvgIpc) is 3.21. The molecule has 0 unspecified atom stereocenters. The van der Waals surface area contributed by atoms with Crippen LogP contribution in [-0.4, -0.2) is 36.9 Å². The van der Waals surface area contributed by atoms with E-state index >= 15 is 0 Å². The summed E-state index contributed by atoms with van der Waals surface area (Å²) in [7, 11) is 0. The summed E-state index contributed by atoms with van der Waals surface area (Å²) >= 11 is 1.29. The van der Waals surface area contributed by atoms with Gasteiger partial charge in [-0.25, -0.2) is 0 Å². The van der Waals surface area contributed by atoms with E-state index in [4.69, 9.17) is 0 Å². The summed E-state index contributed by atoms with van der Waals surface area (Å²) < 4.78 is 1.64. The van der Waals surface area contributed by atoms with Crippen molar-refractivity contribution in [1.29, 1.82) is 0 Å².